The first kappa shape index (κ1) is 23.7. The summed E-state index contributed by atoms with van der Waals surface area (Å²) in [6, 6.07) is 0. The van der Waals surface area contributed by atoms with Gasteiger partial charge in [-0.25, -0.2) is 8.78 Å². The number of esters is 1. The van der Waals surface area contributed by atoms with Crippen molar-refractivity contribution in [2.45, 2.75) is 115 Å². The minimum absolute atomic E-state index is 0.0263. The van der Waals surface area contributed by atoms with Crippen LogP contribution in [0.4, 0.5) is 8.78 Å². The fourth-order valence-electron chi connectivity index (χ4n) is 4.30. The molecule has 164 valence electrons. The van der Waals surface area contributed by atoms with E-state index < -0.39 is 26.4 Å². The molecule has 0 unspecified atom stereocenters. The zero-order valence-corrected chi connectivity index (χ0v) is 19.3. The van der Waals surface area contributed by atoms with E-state index in [1.807, 2.05) is 13.1 Å². The molecule has 2 aliphatic rings. The smallest absolute Gasteiger partial charge is 0.306 e. The number of aliphatic hydroxyl groups is 1. The van der Waals surface area contributed by atoms with Crippen molar-refractivity contribution in [3.8, 4) is 0 Å². The Morgan fingerprint density at radius 2 is 1.96 bits per heavy atom. The molecule has 0 aromatic heterocycles. The maximum absolute atomic E-state index is 14.8. The molecule has 0 bridgehead atoms. The fraction of sp³-hybridized carbons (Fsp3) is 0.952. The molecule has 1 N–H and O–H groups in total. The second kappa shape index (κ2) is 8.68. The molecule has 7 heteroatoms. The standard InChI is InChI=1S/C21H38F2O4Si/c1-7-11-21(22,23)18(27-28(5,6)20(2,3)4)10-8-9-14-15-12-19(25)26-17(15)13-16(14)24/h14-18,24H,7-13H2,1-6H3/t14-,15-,16-,17+,18+/m1/s1. The van der Waals surface area contributed by atoms with Gasteiger partial charge < -0.3 is 14.3 Å². The second-order valence-corrected chi connectivity index (χ2v) is 14.9. The molecule has 1 heterocycles. The molecule has 5 atom stereocenters. The molecule has 2 fully saturated rings. The van der Waals surface area contributed by atoms with Crippen LogP contribution in [0.1, 0.15) is 72.6 Å². The van der Waals surface area contributed by atoms with Crippen LogP contribution < -0.4 is 0 Å². The number of hydrogen-bond acceptors (Lipinski definition) is 4. The average Bonchev–Trinajstić information content (AvgIpc) is 3.01. The van der Waals surface area contributed by atoms with Gasteiger partial charge in [-0.15, -0.1) is 0 Å². The molecule has 0 amide bonds. The van der Waals surface area contributed by atoms with E-state index in [0.717, 1.165) is 0 Å². The number of carbonyl (C=O) groups excluding carboxylic acids is 1. The first-order valence-corrected chi connectivity index (χ1v) is 13.6. The molecule has 0 aromatic carbocycles. The monoisotopic (exact) mass is 420 g/mol. The summed E-state index contributed by atoms with van der Waals surface area (Å²) in [4.78, 5) is 11.5. The SMILES string of the molecule is CCCC(F)(F)[C@H](CCC[C@@H]1[C@H]2CC(=O)O[C@H]2C[C@H]1O)O[Si](C)(C)C(C)(C)C. The minimum Gasteiger partial charge on any atom is -0.462 e. The largest absolute Gasteiger partial charge is 0.462 e. The topological polar surface area (TPSA) is 55.8 Å². The highest BCUT2D eigenvalue weighted by Crippen LogP contribution is 2.45. The van der Waals surface area contributed by atoms with Crippen molar-refractivity contribution < 1.29 is 27.8 Å². The van der Waals surface area contributed by atoms with E-state index >= 15 is 0 Å². The van der Waals surface area contributed by atoms with Gasteiger partial charge in [0.25, 0.3) is 5.92 Å². The molecule has 4 nitrogen and oxygen atoms in total. The molecule has 0 radical (unpaired) electrons. The van der Waals surface area contributed by atoms with Gasteiger partial charge in [0.15, 0.2) is 8.32 Å². The summed E-state index contributed by atoms with van der Waals surface area (Å²) in [5.41, 5.74) is 0. The highest BCUT2D eigenvalue weighted by atomic mass is 28.4. The third kappa shape index (κ3) is 5.33. The van der Waals surface area contributed by atoms with Gasteiger partial charge in [0.2, 0.25) is 0 Å². The highest BCUT2D eigenvalue weighted by Gasteiger charge is 2.50. The maximum Gasteiger partial charge on any atom is 0.306 e. The lowest BCUT2D eigenvalue weighted by Crippen LogP contribution is -2.49. The summed E-state index contributed by atoms with van der Waals surface area (Å²) in [7, 11) is -2.33. The number of rotatable bonds is 9. The van der Waals surface area contributed by atoms with Gasteiger partial charge in [0, 0.05) is 18.8 Å². The van der Waals surface area contributed by atoms with Crippen molar-refractivity contribution in [2.75, 3.05) is 0 Å². The summed E-state index contributed by atoms with van der Waals surface area (Å²) in [6.45, 7) is 12.0. The molecular weight excluding hydrogens is 382 g/mol. The Morgan fingerprint density at radius 1 is 1.32 bits per heavy atom. The number of ether oxygens (including phenoxy) is 1. The Labute approximate surface area is 169 Å². The first-order chi connectivity index (χ1) is 12.8. The lowest BCUT2D eigenvalue weighted by atomic mass is 9.87. The molecule has 0 spiro atoms. The molecule has 28 heavy (non-hydrogen) atoms. The summed E-state index contributed by atoms with van der Waals surface area (Å²) in [6.07, 6.45) is 0.682. The van der Waals surface area contributed by atoms with E-state index in [0.29, 0.717) is 32.1 Å². The van der Waals surface area contributed by atoms with Crippen molar-refractivity contribution in [1.29, 1.82) is 0 Å². The predicted molar refractivity (Wildman–Crippen MR) is 108 cm³/mol. The lowest BCUT2D eigenvalue weighted by molar-refractivity contribution is -0.141. The number of hydrogen-bond donors (Lipinski definition) is 1. The molecule has 1 aliphatic carbocycles. The van der Waals surface area contributed by atoms with Crippen LogP contribution in [0, 0.1) is 11.8 Å². The van der Waals surface area contributed by atoms with E-state index in [1.54, 1.807) is 6.92 Å². The van der Waals surface area contributed by atoms with Crippen LogP contribution in [0.5, 0.6) is 0 Å². The lowest BCUT2D eigenvalue weighted by Gasteiger charge is -2.41. The van der Waals surface area contributed by atoms with E-state index in [9.17, 15) is 18.7 Å². The van der Waals surface area contributed by atoms with Crippen LogP contribution in [-0.2, 0) is 14.0 Å². The summed E-state index contributed by atoms with van der Waals surface area (Å²) in [5.74, 6) is -3.09. The predicted octanol–water partition coefficient (Wildman–Crippen LogP) is 5.30. The van der Waals surface area contributed by atoms with Crippen molar-refractivity contribution in [1.82, 2.24) is 0 Å². The molecule has 2 rings (SSSR count). The molecule has 1 saturated carbocycles. The van der Waals surface area contributed by atoms with Gasteiger partial charge in [0.05, 0.1) is 12.5 Å². The summed E-state index contributed by atoms with van der Waals surface area (Å²) < 4.78 is 41.1. The van der Waals surface area contributed by atoms with Gasteiger partial charge in [-0.1, -0.05) is 40.5 Å². The highest BCUT2D eigenvalue weighted by molar-refractivity contribution is 6.74. The van der Waals surface area contributed by atoms with Crippen molar-refractivity contribution >= 4 is 14.3 Å². The molecule has 1 aliphatic heterocycles. The Kier molecular flexibility index (Phi) is 7.36. The van der Waals surface area contributed by atoms with Crippen LogP contribution in [-0.4, -0.2) is 43.6 Å². The zero-order chi connectivity index (χ0) is 21.3. The van der Waals surface area contributed by atoms with Gasteiger partial charge >= 0.3 is 5.97 Å². The van der Waals surface area contributed by atoms with Gasteiger partial charge in [-0.05, 0) is 36.9 Å². The zero-order valence-electron chi connectivity index (χ0n) is 18.3. The first-order valence-electron chi connectivity index (χ1n) is 10.7. The fourth-order valence-corrected chi connectivity index (χ4v) is 5.66. The normalized spacial score (nSPS) is 29.7. The summed E-state index contributed by atoms with van der Waals surface area (Å²) in [5, 5.41) is 10.2. The van der Waals surface area contributed by atoms with Crippen LogP contribution >= 0.6 is 0 Å². The van der Waals surface area contributed by atoms with E-state index in [2.05, 4.69) is 20.8 Å². The van der Waals surface area contributed by atoms with Crippen molar-refractivity contribution in [2.24, 2.45) is 11.8 Å². The number of aliphatic hydroxyl groups excluding tert-OH is 1. The van der Waals surface area contributed by atoms with Gasteiger partial charge in [0.1, 0.15) is 12.2 Å². The number of halogens is 2. The third-order valence-electron chi connectivity index (χ3n) is 6.98. The number of alkyl halides is 2. The average molecular weight is 421 g/mol. The van der Waals surface area contributed by atoms with Crippen molar-refractivity contribution in [3.05, 3.63) is 0 Å². The molecule has 0 aromatic rings. The number of carbonyl (C=O) groups is 1. The number of fused-ring (bicyclic) bond motifs is 1. The molecule has 1 saturated heterocycles. The van der Waals surface area contributed by atoms with Crippen molar-refractivity contribution in [3.63, 3.8) is 0 Å². The van der Waals surface area contributed by atoms with Crippen LogP contribution in [0.25, 0.3) is 0 Å². The summed E-state index contributed by atoms with van der Waals surface area (Å²) >= 11 is 0. The minimum atomic E-state index is -2.85. The third-order valence-corrected chi connectivity index (χ3v) is 11.5. The Hall–Kier alpha value is -0.533. The van der Waals surface area contributed by atoms with Gasteiger partial charge in [-0.3, -0.25) is 4.79 Å². The van der Waals surface area contributed by atoms with E-state index in [4.69, 9.17) is 9.16 Å². The van der Waals surface area contributed by atoms with E-state index in [1.165, 1.54) is 0 Å². The Balaban J connectivity index is 2.01. The van der Waals surface area contributed by atoms with Crippen LogP contribution in [0.2, 0.25) is 18.1 Å². The Morgan fingerprint density at radius 3 is 2.54 bits per heavy atom. The molecular formula is C21H38F2O4Si. The quantitative estimate of drug-likeness (QED) is 0.406. The maximum atomic E-state index is 14.8. The van der Waals surface area contributed by atoms with Gasteiger partial charge in [-0.2, -0.15) is 0 Å². The van der Waals surface area contributed by atoms with Crippen LogP contribution in [0.15, 0.2) is 0 Å². The Bertz CT molecular complexity index is 547. The second-order valence-electron chi connectivity index (χ2n) is 10.2. The van der Waals surface area contributed by atoms with Crippen LogP contribution in [0.3, 0.4) is 0 Å². The van der Waals surface area contributed by atoms with E-state index in [-0.39, 0.29) is 41.8 Å².